The lowest BCUT2D eigenvalue weighted by Crippen LogP contribution is -2.48. The van der Waals surface area contributed by atoms with Crippen molar-refractivity contribution in [2.24, 2.45) is 0 Å². The van der Waals surface area contributed by atoms with Crippen molar-refractivity contribution in [3.63, 3.8) is 0 Å². The van der Waals surface area contributed by atoms with Crippen LogP contribution >= 0.6 is 11.6 Å². The van der Waals surface area contributed by atoms with Crippen LogP contribution in [0.4, 0.5) is 5.69 Å². The van der Waals surface area contributed by atoms with Gasteiger partial charge in [-0.05, 0) is 29.8 Å². The van der Waals surface area contributed by atoms with Crippen molar-refractivity contribution in [1.82, 2.24) is 19.6 Å². The van der Waals surface area contributed by atoms with Gasteiger partial charge in [-0.1, -0.05) is 23.7 Å². The molecule has 1 aromatic heterocycles. The highest BCUT2D eigenvalue weighted by Crippen LogP contribution is 2.17. The summed E-state index contributed by atoms with van der Waals surface area (Å²) in [5.74, 6) is -0.0608. The number of carbonyl (C=O) groups is 1. The SMILES string of the molecule is O=C(c1cnn(-c2ccc([N+](=O)[O-])cc2)c1)N1CCN(Cc2ccc(Cl)cc2)CC1. The Balaban J connectivity index is 1.35. The van der Waals surface area contributed by atoms with Gasteiger partial charge < -0.3 is 4.90 Å². The van der Waals surface area contributed by atoms with Gasteiger partial charge >= 0.3 is 0 Å². The van der Waals surface area contributed by atoms with E-state index in [9.17, 15) is 14.9 Å². The highest BCUT2D eigenvalue weighted by atomic mass is 35.5. The molecule has 0 unspecified atom stereocenters. The Morgan fingerprint density at radius 2 is 1.70 bits per heavy atom. The maximum atomic E-state index is 12.8. The van der Waals surface area contributed by atoms with E-state index in [-0.39, 0.29) is 11.6 Å². The van der Waals surface area contributed by atoms with Crippen LogP contribution in [-0.2, 0) is 6.54 Å². The molecule has 2 heterocycles. The van der Waals surface area contributed by atoms with Gasteiger partial charge in [-0.3, -0.25) is 19.8 Å². The summed E-state index contributed by atoms with van der Waals surface area (Å²) in [5, 5.41) is 15.7. The molecule has 1 aliphatic rings. The Morgan fingerprint density at radius 3 is 2.33 bits per heavy atom. The standard InChI is InChI=1S/C21H20ClN5O3/c22-18-3-1-16(2-4-18)14-24-9-11-25(12-10-24)21(28)17-13-23-26(15-17)19-5-7-20(8-6-19)27(29)30/h1-8,13,15H,9-12,14H2. The van der Waals surface area contributed by atoms with E-state index in [0.717, 1.165) is 24.7 Å². The van der Waals surface area contributed by atoms with Crippen LogP contribution in [0, 0.1) is 10.1 Å². The molecule has 1 aliphatic heterocycles. The molecule has 8 nitrogen and oxygen atoms in total. The van der Waals surface area contributed by atoms with Gasteiger partial charge in [0.15, 0.2) is 0 Å². The molecule has 0 N–H and O–H groups in total. The maximum absolute atomic E-state index is 12.8. The minimum atomic E-state index is -0.450. The zero-order chi connectivity index (χ0) is 21.1. The number of nitro benzene ring substituents is 1. The van der Waals surface area contributed by atoms with Crippen molar-refractivity contribution >= 4 is 23.2 Å². The number of nitrogens with zero attached hydrogens (tertiary/aromatic N) is 5. The lowest BCUT2D eigenvalue weighted by molar-refractivity contribution is -0.384. The van der Waals surface area contributed by atoms with Crippen molar-refractivity contribution in [3.05, 3.63) is 87.2 Å². The highest BCUT2D eigenvalue weighted by molar-refractivity contribution is 6.30. The van der Waals surface area contributed by atoms with Gasteiger partial charge in [0.1, 0.15) is 0 Å². The first kappa shape index (κ1) is 20.1. The quantitative estimate of drug-likeness (QED) is 0.462. The average Bonchev–Trinajstić information content (AvgIpc) is 3.26. The molecular formula is C21H20ClN5O3. The van der Waals surface area contributed by atoms with Crippen LogP contribution < -0.4 is 0 Å². The zero-order valence-corrected chi connectivity index (χ0v) is 16.9. The summed E-state index contributed by atoms with van der Waals surface area (Å²) in [4.78, 5) is 27.3. The van der Waals surface area contributed by atoms with Crippen molar-refractivity contribution in [2.75, 3.05) is 26.2 Å². The zero-order valence-electron chi connectivity index (χ0n) is 16.1. The van der Waals surface area contributed by atoms with Gasteiger partial charge in [0.2, 0.25) is 0 Å². The predicted octanol–water partition coefficient (Wildman–Crippen LogP) is 3.39. The number of hydrogen-bond acceptors (Lipinski definition) is 5. The Bertz CT molecular complexity index is 1040. The van der Waals surface area contributed by atoms with E-state index in [1.807, 2.05) is 29.2 Å². The van der Waals surface area contributed by atoms with Crippen LogP contribution in [0.15, 0.2) is 60.9 Å². The van der Waals surface area contributed by atoms with Gasteiger partial charge in [0.05, 0.1) is 22.4 Å². The van der Waals surface area contributed by atoms with Gasteiger partial charge in [-0.15, -0.1) is 0 Å². The lowest BCUT2D eigenvalue weighted by Gasteiger charge is -2.34. The number of non-ortho nitro benzene ring substituents is 1. The first-order chi connectivity index (χ1) is 14.5. The fraction of sp³-hybridized carbons (Fsp3) is 0.238. The van der Waals surface area contributed by atoms with Gasteiger partial charge in [0, 0.05) is 56.1 Å². The molecule has 0 atom stereocenters. The number of amides is 1. The summed E-state index contributed by atoms with van der Waals surface area (Å²) in [6.45, 7) is 3.72. The number of carbonyl (C=O) groups excluding carboxylic acids is 1. The van der Waals surface area contributed by atoms with Gasteiger partial charge in [-0.2, -0.15) is 5.10 Å². The molecule has 1 saturated heterocycles. The molecule has 1 amide bonds. The van der Waals surface area contributed by atoms with E-state index in [0.29, 0.717) is 24.3 Å². The van der Waals surface area contributed by atoms with Crippen LogP contribution in [0.25, 0.3) is 5.69 Å². The maximum Gasteiger partial charge on any atom is 0.269 e. The summed E-state index contributed by atoms with van der Waals surface area (Å²) in [6, 6.07) is 13.9. The Labute approximate surface area is 178 Å². The molecule has 4 rings (SSSR count). The van der Waals surface area contributed by atoms with Crippen LogP contribution in [0.5, 0.6) is 0 Å². The van der Waals surface area contributed by atoms with Crippen LogP contribution in [0.2, 0.25) is 5.02 Å². The van der Waals surface area contributed by atoms with Crippen molar-refractivity contribution in [1.29, 1.82) is 0 Å². The van der Waals surface area contributed by atoms with E-state index in [2.05, 4.69) is 10.00 Å². The average molecular weight is 426 g/mol. The normalized spacial score (nSPS) is 14.6. The molecule has 9 heteroatoms. The largest absolute Gasteiger partial charge is 0.336 e. The van der Waals surface area contributed by atoms with Crippen molar-refractivity contribution < 1.29 is 9.72 Å². The second-order valence-electron chi connectivity index (χ2n) is 7.14. The number of benzene rings is 2. The number of hydrogen-bond donors (Lipinski definition) is 0. The van der Waals surface area contributed by atoms with E-state index in [1.165, 1.54) is 23.9 Å². The molecule has 30 heavy (non-hydrogen) atoms. The summed E-state index contributed by atoms with van der Waals surface area (Å²) < 4.78 is 1.55. The smallest absolute Gasteiger partial charge is 0.269 e. The lowest BCUT2D eigenvalue weighted by atomic mass is 10.2. The first-order valence-corrected chi connectivity index (χ1v) is 9.93. The second-order valence-corrected chi connectivity index (χ2v) is 7.58. The molecule has 0 bridgehead atoms. The monoisotopic (exact) mass is 425 g/mol. The van der Waals surface area contributed by atoms with Gasteiger partial charge in [0.25, 0.3) is 11.6 Å². The minimum absolute atomic E-state index is 0.0127. The van der Waals surface area contributed by atoms with Crippen molar-refractivity contribution in [3.8, 4) is 5.69 Å². The Kier molecular flexibility index (Phi) is 5.78. The molecule has 1 fully saturated rings. The van der Waals surface area contributed by atoms with Crippen LogP contribution in [0.3, 0.4) is 0 Å². The molecular weight excluding hydrogens is 406 g/mol. The summed E-state index contributed by atoms with van der Waals surface area (Å²) >= 11 is 5.94. The highest BCUT2D eigenvalue weighted by Gasteiger charge is 2.23. The van der Waals surface area contributed by atoms with Crippen LogP contribution in [0.1, 0.15) is 15.9 Å². The van der Waals surface area contributed by atoms with E-state index < -0.39 is 4.92 Å². The van der Waals surface area contributed by atoms with Gasteiger partial charge in [-0.25, -0.2) is 4.68 Å². The molecule has 0 aliphatic carbocycles. The van der Waals surface area contributed by atoms with Crippen molar-refractivity contribution in [2.45, 2.75) is 6.54 Å². The third kappa shape index (κ3) is 4.50. The third-order valence-corrected chi connectivity index (χ3v) is 5.39. The summed E-state index contributed by atoms with van der Waals surface area (Å²) in [6.07, 6.45) is 3.19. The number of halogens is 1. The molecule has 2 aromatic carbocycles. The molecule has 0 radical (unpaired) electrons. The summed E-state index contributed by atoms with van der Waals surface area (Å²) in [5.41, 5.74) is 2.37. The molecule has 0 spiro atoms. The topological polar surface area (TPSA) is 84.5 Å². The molecule has 0 saturated carbocycles. The number of piperazine rings is 1. The second kappa shape index (κ2) is 8.64. The third-order valence-electron chi connectivity index (χ3n) is 5.13. The fourth-order valence-electron chi connectivity index (χ4n) is 3.44. The first-order valence-electron chi connectivity index (χ1n) is 9.55. The fourth-order valence-corrected chi connectivity index (χ4v) is 3.57. The van der Waals surface area contributed by atoms with E-state index >= 15 is 0 Å². The molecule has 154 valence electrons. The number of rotatable bonds is 5. The van der Waals surface area contributed by atoms with Crippen LogP contribution in [-0.4, -0.2) is 56.6 Å². The summed E-state index contributed by atoms with van der Waals surface area (Å²) in [7, 11) is 0. The number of aromatic nitrogens is 2. The van der Waals surface area contributed by atoms with E-state index in [4.69, 9.17) is 11.6 Å². The predicted molar refractivity (Wildman–Crippen MR) is 113 cm³/mol. The van der Waals surface area contributed by atoms with E-state index in [1.54, 1.807) is 23.0 Å². The molecule has 3 aromatic rings. The Hall–Kier alpha value is -3.23. The number of nitro groups is 1. The minimum Gasteiger partial charge on any atom is -0.336 e. The Morgan fingerprint density at radius 1 is 1.03 bits per heavy atom.